The van der Waals surface area contributed by atoms with E-state index in [4.69, 9.17) is 0 Å². The smallest absolute Gasteiger partial charge is 0.128 e. The van der Waals surface area contributed by atoms with Crippen LogP contribution in [0.2, 0.25) is 0 Å². The predicted octanol–water partition coefficient (Wildman–Crippen LogP) is 4.44. The summed E-state index contributed by atoms with van der Waals surface area (Å²) in [6, 6.07) is 1.84. The minimum Gasteiger partial charge on any atom is -0.241 e. The molecule has 0 N–H and O–H groups in total. The van der Waals surface area contributed by atoms with Crippen LogP contribution in [0.25, 0.3) is 0 Å². The Bertz CT molecular complexity index is 563. The van der Waals surface area contributed by atoms with Crippen LogP contribution in [0.4, 0.5) is 0 Å². The Morgan fingerprint density at radius 3 is 1.48 bits per heavy atom. The highest BCUT2D eigenvalue weighted by atomic mass is 14.9. The van der Waals surface area contributed by atoms with Crippen LogP contribution >= 0.6 is 0 Å². The van der Waals surface area contributed by atoms with Crippen molar-refractivity contribution in [3.63, 3.8) is 0 Å². The highest BCUT2D eigenvalue weighted by molar-refractivity contribution is 5.02. The second-order valence-electron chi connectivity index (χ2n) is 8.32. The minimum absolute atomic E-state index is 0.273. The zero-order valence-corrected chi connectivity index (χ0v) is 15.6. The Kier molecular flexibility index (Phi) is 6.79. The van der Waals surface area contributed by atoms with Crippen LogP contribution in [-0.4, -0.2) is 19.9 Å². The van der Waals surface area contributed by atoms with Gasteiger partial charge in [-0.25, -0.2) is 19.9 Å². The molecule has 2 aromatic rings. The first-order valence-electron chi connectivity index (χ1n) is 8.09. The minimum atomic E-state index is 0.273. The summed E-state index contributed by atoms with van der Waals surface area (Å²) in [4.78, 5) is 16.8. The Hall–Kier alpha value is -1.84. The Morgan fingerprint density at radius 2 is 1.09 bits per heavy atom. The van der Waals surface area contributed by atoms with Gasteiger partial charge in [0.1, 0.15) is 11.6 Å². The van der Waals surface area contributed by atoms with Gasteiger partial charge >= 0.3 is 0 Å². The molecule has 0 unspecified atom stereocenters. The third-order valence-electron chi connectivity index (χ3n) is 2.83. The average Bonchev–Trinajstić information content (AvgIpc) is 2.40. The van der Waals surface area contributed by atoms with Gasteiger partial charge in [-0.1, -0.05) is 41.5 Å². The second kappa shape index (κ2) is 8.14. The number of rotatable bonds is 2. The topological polar surface area (TPSA) is 51.6 Å². The van der Waals surface area contributed by atoms with Crippen molar-refractivity contribution >= 4 is 0 Å². The molecule has 0 saturated carbocycles. The number of aromatic nitrogens is 4. The van der Waals surface area contributed by atoms with Crippen molar-refractivity contribution in [3.8, 4) is 0 Å². The molecule has 0 aliphatic carbocycles. The summed E-state index contributed by atoms with van der Waals surface area (Å²) < 4.78 is 0. The summed E-state index contributed by atoms with van der Waals surface area (Å²) in [7, 11) is 0. The molecular weight excluding hydrogens is 284 g/mol. The molecule has 23 heavy (non-hydrogen) atoms. The molecule has 2 aromatic heterocycles. The van der Waals surface area contributed by atoms with Gasteiger partial charge in [0.2, 0.25) is 0 Å². The zero-order valence-electron chi connectivity index (χ0n) is 15.6. The molecular formula is C19H30N4. The van der Waals surface area contributed by atoms with E-state index >= 15 is 0 Å². The number of hydrogen-bond acceptors (Lipinski definition) is 4. The Balaban J connectivity index is 0.000000231. The predicted molar refractivity (Wildman–Crippen MR) is 95.1 cm³/mol. The molecule has 0 atom stereocenters. The molecule has 0 bridgehead atoms. The number of hydrogen-bond donors (Lipinski definition) is 0. The van der Waals surface area contributed by atoms with E-state index in [-0.39, 0.29) is 10.8 Å². The lowest BCUT2D eigenvalue weighted by atomic mass is 9.92. The van der Waals surface area contributed by atoms with E-state index in [0.717, 1.165) is 30.1 Å². The van der Waals surface area contributed by atoms with Crippen LogP contribution in [0.15, 0.2) is 30.9 Å². The lowest BCUT2D eigenvalue weighted by Gasteiger charge is -2.16. The van der Waals surface area contributed by atoms with Crippen molar-refractivity contribution in [2.75, 3.05) is 0 Å². The van der Waals surface area contributed by atoms with E-state index < -0.39 is 0 Å². The first-order valence-corrected chi connectivity index (χ1v) is 8.09. The summed E-state index contributed by atoms with van der Waals surface area (Å²) in [5, 5.41) is 0. The molecule has 0 aliphatic rings. The van der Waals surface area contributed by atoms with Crippen LogP contribution in [0.3, 0.4) is 0 Å². The number of nitrogens with zero attached hydrogens (tertiary/aromatic N) is 4. The fourth-order valence-corrected chi connectivity index (χ4v) is 1.88. The van der Waals surface area contributed by atoms with Crippen molar-refractivity contribution < 1.29 is 0 Å². The molecule has 0 amide bonds. The van der Waals surface area contributed by atoms with Crippen molar-refractivity contribution in [1.29, 1.82) is 0 Å². The van der Waals surface area contributed by atoms with Crippen LogP contribution in [-0.2, 0) is 12.8 Å². The van der Waals surface area contributed by atoms with Gasteiger partial charge in [0, 0.05) is 37.6 Å². The normalized spacial score (nSPS) is 11.6. The van der Waals surface area contributed by atoms with Crippen LogP contribution < -0.4 is 0 Å². The lowest BCUT2D eigenvalue weighted by molar-refractivity contribution is 0.400. The maximum Gasteiger partial charge on any atom is 0.128 e. The molecule has 126 valence electrons. The van der Waals surface area contributed by atoms with E-state index in [1.807, 2.05) is 25.4 Å². The average molecular weight is 314 g/mol. The summed E-state index contributed by atoms with van der Waals surface area (Å²) in [5.41, 5.74) is 1.67. The van der Waals surface area contributed by atoms with Crippen LogP contribution in [0, 0.1) is 17.8 Å². The van der Waals surface area contributed by atoms with Gasteiger partial charge in [0.25, 0.3) is 0 Å². The van der Waals surface area contributed by atoms with Gasteiger partial charge in [0.15, 0.2) is 0 Å². The van der Waals surface area contributed by atoms with Crippen molar-refractivity contribution in [1.82, 2.24) is 19.9 Å². The van der Waals surface area contributed by atoms with Gasteiger partial charge in [-0.05, 0) is 29.4 Å². The molecule has 4 nitrogen and oxygen atoms in total. The number of aryl methyl sites for hydroxylation is 1. The van der Waals surface area contributed by atoms with Gasteiger partial charge in [0.05, 0.1) is 0 Å². The standard InChI is InChI=1S/C10H16N2.C9H14N2/c1-8-6-11-9(12-7-8)5-10(2,3)4;1-9(2,3)7-8-10-5-4-6-11-8/h6-7H,5H2,1-4H3;4-6H,7H2,1-3H3. The van der Waals surface area contributed by atoms with Gasteiger partial charge in [-0.2, -0.15) is 0 Å². The van der Waals surface area contributed by atoms with E-state index in [1.54, 1.807) is 12.4 Å². The Labute approximate surface area is 140 Å². The van der Waals surface area contributed by atoms with Crippen molar-refractivity contribution in [2.45, 2.75) is 61.3 Å². The first-order chi connectivity index (χ1) is 10.6. The van der Waals surface area contributed by atoms with E-state index in [0.29, 0.717) is 0 Å². The van der Waals surface area contributed by atoms with E-state index in [9.17, 15) is 0 Å². The molecule has 0 fully saturated rings. The lowest BCUT2D eigenvalue weighted by Crippen LogP contribution is -2.11. The van der Waals surface area contributed by atoms with Gasteiger partial charge < -0.3 is 0 Å². The maximum absolute atomic E-state index is 4.25. The van der Waals surface area contributed by atoms with Crippen molar-refractivity contribution in [2.24, 2.45) is 10.8 Å². The fourth-order valence-electron chi connectivity index (χ4n) is 1.88. The Morgan fingerprint density at radius 1 is 0.696 bits per heavy atom. The SMILES string of the molecule is CC(C)(C)Cc1ncccn1.Cc1cnc(CC(C)(C)C)nc1. The molecule has 4 heteroatoms. The molecule has 0 saturated heterocycles. The molecule has 0 radical (unpaired) electrons. The van der Waals surface area contributed by atoms with Crippen LogP contribution in [0.5, 0.6) is 0 Å². The maximum atomic E-state index is 4.25. The highest BCUT2D eigenvalue weighted by Gasteiger charge is 2.13. The monoisotopic (exact) mass is 314 g/mol. The third-order valence-corrected chi connectivity index (χ3v) is 2.83. The van der Waals surface area contributed by atoms with Gasteiger partial charge in [-0.15, -0.1) is 0 Å². The second-order valence-corrected chi connectivity index (χ2v) is 8.32. The van der Waals surface area contributed by atoms with Crippen LogP contribution in [0.1, 0.15) is 58.8 Å². The molecule has 0 aromatic carbocycles. The van der Waals surface area contributed by atoms with Gasteiger partial charge in [-0.3, -0.25) is 0 Å². The molecule has 0 spiro atoms. The molecule has 2 rings (SSSR count). The third kappa shape index (κ3) is 9.72. The summed E-state index contributed by atoms with van der Waals surface area (Å²) in [6.07, 6.45) is 9.19. The zero-order chi connectivity index (χ0) is 17.5. The quantitative estimate of drug-likeness (QED) is 0.822. The first kappa shape index (κ1) is 19.2. The van der Waals surface area contributed by atoms with E-state index in [2.05, 4.69) is 61.5 Å². The molecule has 2 heterocycles. The largest absolute Gasteiger partial charge is 0.241 e. The molecule has 0 aliphatic heterocycles. The highest BCUT2D eigenvalue weighted by Crippen LogP contribution is 2.18. The summed E-state index contributed by atoms with van der Waals surface area (Å²) in [6.45, 7) is 15.1. The van der Waals surface area contributed by atoms with Crippen molar-refractivity contribution in [3.05, 3.63) is 48.1 Å². The van der Waals surface area contributed by atoms with E-state index in [1.165, 1.54) is 0 Å². The summed E-state index contributed by atoms with van der Waals surface area (Å²) >= 11 is 0. The fraction of sp³-hybridized carbons (Fsp3) is 0.579. The summed E-state index contributed by atoms with van der Waals surface area (Å²) in [5.74, 6) is 1.87.